The number of hydrogen-bond acceptors (Lipinski definition) is 7. The Labute approximate surface area is 242 Å². The van der Waals surface area contributed by atoms with Gasteiger partial charge in [0, 0.05) is 38.3 Å². The van der Waals surface area contributed by atoms with Crippen LogP contribution in [-0.2, 0) is 25.5 Å². The van der Waals surface area contributed by atoms with Crippen molar-refractivity contribution in [3.05, 3.63) is 35.4 Å². The van der Waals surface area contributed by atoms with Gasteiger partial charge in [0.1, 0.15) is 12.1 Å². The number of nitrogens with zero attached hydrogens (tertiary/aromatic N) is 3. The fraction of sp³-hybridized carbons (Fsp3) is 0.667. The minimum absolute atomic E-state index is 0.0640. The van der Waals surface area contributed by atoms with Crippen LogP contribution < -0.4 is 16.4 Å². The van der Waals surface area contributed by atoms with E-state index in [9.17, 15) is 19.2 Å². The zero-order valence-electron chi connectivity index (χ0n) is 24.2. The van der Waals surface area contributed by atoms with Crippen LogP contribution in [0.25, 0.3) is 0 Å². The number of carbonyl (C=O) groups is 4. The largest absolute Gasteiger partial charge is 0.437 e. The molecule has 4 N–H and O–H groups in total. The molecule has 41 heavy (non-hydrogen) atoms. The molecule has 3 heterocycles. The number of nitrogens with one attached hydrogen (secondary N) is 2. The van der Waals surface area contributed by atoms with E-state index in [0.29, 0.717) is 12.8 Å². The van der Waals surface area contributed by atoms with Gasteiger partial charge in [0.05, 0.1) is 6.04 Å². The molecule has 11 heteroatoms. The Morgan fingerprint density at radius 2 is 1.66 bits per heavy atom. The van der Waals surface area contributed by atoms with Gasteiger partial charge in [-0.25, -0.2) is 4.79 Å². The van der Waals surface area contributed by atoms with Crippen LogP contribution in [0.3, 0.4) is 0 Å². The lowest BCUT2D eigenvalue weighted by molar-refractivity contribution is -0.146. The molecule has 0 aromatic heterocycles. The molecule has 4 aliphatic rings. The summed E-state index contributed by atoms with van der Waals surface area (Å²) in [6.45, 7) is 5.14. The Morgan fingerprint density at radius 3 is 2.41 bits per heavy atom. The second-order valence-corrected chi connectivity index (χ2v) is 12.1. The van der Waals surface area contributed by atoms with E-state index < -0.39 is 30.2 Å². The molecule has 0 bridgehead atoms. The molecule has 4 amide bonds. The molecule has 0 radical (unpaired) electrons. The van der Waals surface area contributed by atoms with Crippen LogP contribution >= 0.6 is 0 Å². The number of nitrogens with two attached hydrogens (primary N) is 1. The maximum absolute atomic E-state index is 14.2. The smallest absolute Gasteiger partial charge is 0.405 e. The van der Waals surface area contributed by atoms with E-state index >= 15 is 0 Å². The molecule has 6 atom stereocenters. The molecule has 3 saturated heterocycles. The van der Waals surface area contributed by atoms with Crippen molar-refractivity contribution in [2.75, 3.05) is 33.2 Å². The van der Waals surface area contributed by atoms with Gasteiger partial charge in [0.25, 0.3) is 5.91 Å². The highest BCUT2D eigenvalue weighted by Gasteiger charge is 2.46. The summed E-state index contributed by atoms with van der Waals surface area (Å²) in [5.41, 5.74) is 7.55. The number of piperazine rings is 1. The second kappa shape index (κ2) is 12.8. The number of fused-ring (bicyclic) bond motifs is 2. The zero-order chi connectivity index (χ0) is 29.1. The van der Waals surface area contributed by atoms with Crippen LogP contribution in [0.15, 0.2) is 24.3 Å². The molecule has 5 rings (SSSR count). The second-order valence-electron chi connectivity index (χ2n) is 12.1. The third-order valence-electron chi connectivity index (χ3n) is 9.42. The lowest BCUT2D eigenvalue weighted by atomic mass is 9.87. The first kappa shape index (κ1) is 29.3. The highest BCUT2D eigenvalue weighted by atomic mass is 16.6. The quantitative estimate of drug-likeness (QED) is 0.471. The zero-order valence-corrected chi connectivity index (χ0v) is 24.2. The Hall–Kier alpha value is -3.18. The van der Waals surface area contributed by atoms with E-state index in [1.54, 1.807) is 4.90 Å². The molecule has 1 unspecified atom stereocenters. The van der Waals surface area contributed by atoms with E-state index in [4.69, 9.17) is 10.5 Å². The SMILES string of the molecule is C[C@H](OC(N)=O)C(=O)N[C@H]1CC(N2CCN(C)CC2)CC[C@H]2CC[C@@H](C(=O)N[C@@H]3CCCc4ccccc43)N2C1=O. The van der Waals surface area contributed by atoms with Gasteiger partial charge in [-0.1, -0.05) is 24.3 Å². The lowest BCUT2D eigenvalue weighted by Gasteiger charge is -2.43. The first-order valence-corrected chi connectivity index (χ1v) is 15.1. The van der Waals surface area contributed by atoms with E-state index in [1.807, 2.05) is 12.1 Å². The molecule has 11 nitrogen and oxygen atoms in total. The van der Waals surface area contributed by atoms with Crippen LogP contribution in [0.4, 0.5) is 4.79 Å². The topological polar surface area (TPSA) is 137 Å². The monoisotopic (exact) mass is 568 g/mol. The minimum atomic E-state index is -1.13. The van der Waals surface area contributed by atoms with Crippen molar-refractivity contribution >= 4 is 23.8 Å². The first-order valence-electron chi connectivity index (χ1n) is 15.1. The Morgan fingerprint density at radius 1 is 0.951 bits per heavy atom. The standard InChI is InChI=1S/C30H44N6O5/c1-19(41-30(31)40)27(37)33-25-18-22(35-16-14-34(2)15-17-35)11-10-21-12-13-26(36(21)29(25)39)28(38)32-24-9-5-7-20-6-3-4-8-23(20)24/h3-4,6,8,19,21-22,24-26H,5,7,9-18H2,1-2H3,(H2,31,40)(H,32,38)(H,33,37)/t19-,21-,22?,24+,25-,26-/m0/s1. The van der Waals surface area contributed by atoms with Crippen LogP contribution in [0.1, 0.15) is 69.0 Å². The molecule has 224 valence electrons. The van der Waals surface area contributed by atoms with Crippen molar-refractivity contribution in [2.24, 2.45) is 5.73 Å². The molecule has 0 spiro atoms. The summed E-state index contributed by atoms with van der Waals surface area (Å²) in [4.78, 5) is 58.7. The van der Waals surface area contributed by atoms with E-state index in [2.05, 4.69) is 39.6 Å². The molecular formula is C30H44N6O5. The number of primary amides is 1. The van der Waals surface area contributed by atoms with Gasteiger partial charge in [-0.05, 0) is 76.5 Å². The number of benzene rings is 1. The number of aryl methyl sites for hydroxylation is 1. The van der Waals surface area contributed by atoms with Crippen molar-refractivity contribution < 1.29 is 23.9 Å². The molecule has 0 saturated carbocycles. The Kier molecular flexibility index (Phi) is 9.13. The predicted molar refractivity (Wildman–Crippen MR) is 153 cm³/mol. The van der Waals surface area contributed by atoms with E-state index in [-0.39, 0.29) is 29.9 Å². The average Bonchev–Trinajstić information content (AvgIpc) is 3.37. The van der Waals surface area contributed by atoms with Crippen molar-refractivity contribution in [2.45, 2.75) is 94.6 Å². The van der Waals surface area contributed by atoms with Crippen molar-refractivity contribution in [1.82, 2.24) is 25.3 Å². The van der Waals surface area contributed by atoms with E-state index in [0.717, 1.165) is 70.3 Å². The molecule has 1 aliphatic carbocycles. The van der Waals surface area contributed by atoms with Crippen LogP contribution in [0.2, 0.25) is 0 Å². The number of amides is 4. The number of likely N-dealkylation sites (N-methyl/N-ethyl adjacent to an activating group) is 1. The third kappa shape index (κ3) is 6.67. The van der Waals surface area contributed by atoms with Crippen LogP contribution in [0.5, 0.6) is 0 Å². The fourth-order valence-electron chi connectivity index (χ4n) is 7.14. The first-order chi connectivity index (χ1) is 19.7. The number of rotatable bonds is 6. The summed E-state index contributed by atoms with van der Waals surface area (Å²) in [6.07, 6.45) is 4.18. The summed E-state index contributed by atoms with van der Waals surface area (Å²) < 4.78 is 4.88. The number of ether oxygens (including phenoxy) is 1. The summed E-state index contributed by atoms with van der Waals surface area (Å²) in [7, 11) is 2.11. The summed E-state index contributed by atoms with van der Waals surface area (Å²) >= 11 is 0. The summed E-state index contributed by atoms with van der Waals surface area (Å²) in [6, 6.07) is 6.81. The number of carbonyl (C=O) groups excluding carboxylic acids is 4. The predicted octanol–water partition coefficient (Wildman–Crippen LogP) is 1.31. The summed E-state index contributed by atoms with van der Waals surface area (Å²) in [5.74, 6) is -0.945. The molecule has 1 aromatic rings. The summed E-state index contributed by atoms with van der Waals surface area (Å²) in [5, 5.41) is 6.12. The fourth-order valence-corrected chi connectivity index (χ4v) is 7.14. The van der Waals surface area contributed by atoms with Crippen molar-refractivity contribution in [1.29, 1.82) is 0 Å². The normalized spacial score (nSPS) is 29.9. The van der Waals surface area contributed by atoms with E-state index in [1.165, 1.54) is 12.5 Å². The van der Waals surface area contributed by atoms with Crippen molar-refractivity contribution in [3.8, 4) is 0 Å². The minimum Gasteiger partial charge on any atom is -0.437 e. The van der Waals surface area contributed by atoms with Gasteiger partial charge < -0.3 is 30.9 Å². The van der Waals surface area contributed by atoms with Gasteiger partial charge in [0.2, 0.25) is 11.8 Å². The molecule has 3 fully saturated rings. The van der Waals surface area contributed by atoms with Gasteiger partial charge in [-0.3, -0.25) is 19.3 Å². The third-order valence-corrected chi connectivity index (χ3v) is 9.42. The van der Waals surface area contributed by atoms with Gasteiger partial charge >= 0.3 is 6.09 Å². The Balaban J connectivity index is 1.34. The van der Waals surface area contributed by atoms with Crippen LogP contribution in [-0.4, -0.2) is 102 Å². The number of hydrogen-bond donors (Lipinski definition) is 3. The molecular weight excluding hydrogens is 524 g/mol. The maximum Gasteiger partial charge on any atom is 0.405 e. The highest BCUT2D eigenvalue weighted by molar-refractivity contribution is 5.94. The molecule has 3 aliphatic heterocycles. The lowest BCUT2D eigenvalue weighted by Crippen LogP contribution is -2.60. The Bertz CT molecular complexity index is 1140. The average molecular weight is 569 g/mol. The maximum atomic E-state index is 14.2. The van der Waals surface area contributed by atoms with Gasteiger partial charge in [-0.15, -0.1) is 0 Å². The van der Waals surface area contributed by atoms with Gasteiger partial charge in [-0.2, -0.15) is 0 Å². The van der Waals surface area contributed by atoms with Crippen molar-refractivity contribution in [3.63, 3.8) is 0 Å². The van der Waals surface area contributed by atoms with Gasteiger partial charge in [0.15, 0.2) is 6.10 Å². The molecule has 1 aromatic carbocycles. The van der Waals surface area contributed by atoms with Crippen LogP contribution in [0, 0.1) is 0 Å². The highest BCUT2D eigenvalue weighted by Crippen LogP contribution is 2.35.